The Kier molecular flexibility index (Phi) is 3.53. The molecule has 2 atom stereocenters. The lowest BCUT2D eigenvalue weighted by Gasteiger charge is -2.19. The minimum atomic E-state index is 0.404. The van der Waals surface area contributed by atoms with E-state index < -0.39 is 0 Å². The first-order valence-corrected chi connectivity index (χ1v) is 5.03. The molecule has 0 amide bonds. The van der Waals surface area contributed by atoms with E-state index in [1.807, 2.05) is 0 Å². The zero-order valence-electron chi connectivity index (χ0n) is 8.59. The molecule has 0 aromatic rings. The van der Waals surface area contributed by atoms with Crippen molar-refractivity contribution in [2.75, 3.05) is 20.1 Å². The third-order valence-electron chi connectivity index (χ3n) is 2.95. The topological polar surface area (TPSA) is 29.3 Å². The smallest absolute Gasteiger partial charge is 0.00650 e. The van der Waals surface area contributed by atoms with E-state index in [1.54, 1.807) is 0 Å². The van der Waals surface area contributed by atoms with Gasteiger partial charge in [-0.05, 0) is 38.3 Å². The van der Waals surface area contributed by atoms with Crippen LogP contribution >= 0.6 is 0 Å². The van der Waals surface area contributed by atoms with Crippen molar-refractivity contribution in [1.29, 1.82) is 0 Å². The first kappa shape index (κ1) is 10.0. The highest BCUT2D eigenvalue weighted by Crippen LogP contribution is 2.21. The van der Waals surface area contributed by atoms with Crippen molar-refractivity contribution < 1.29 is 0 Å². The second kappa shape index (κ2) is 4.24. The van der Waals surface area contributed by atoms with Crippen LogP contribution in [0.1, 0.15) is 26.7 Å². The second-order valence-electron chi connectivity index (χ2n) is 4.56. The zero-order valence-corrected chi connectivity index (χ0v) is 8.59. The molecule has 72 valence electrons. The van der Waals surface area contributed by atoms with Crippen LogP contribution in [0.25, 0.3) is 0 Å². The van der Waals surface area contributed by atoms with E-state index in [4.69, 9.17) is 5.73 Å². The maximum atomic E-state index is 6.02. The van der Waals surface area contributed by atoms with Crippen LogP contribution in [0.3, 0.4) is 0 Å². The fraction of sp³-hybridized carbons (Fsp3) is 1.00. The van der Waals surface area contributed by atoms with Crippen molar-refractivity contribution in [3.8, 4) is 0 Å². The molecule has 0 aromatic heterocycles. The Morgan fingerprint density at radius 2 is 2.17 bits per heavy atom. The predicted octanol–water partition coefficient (Wildman–Crippen LogP) is 1.31. The highest BCUT2D eigenvalue weighted by atomic mass is 15.1. The maximum Gasteiger partial charge on any atom is 0.00650 e. The van der Waals surface area contributed by atoms with Crippen molar-refractivity contribution in [3.63, 3.8) is 0 Å². The van der Waals surface area contributed by atoms with Crippen LogP contribution in [0.2, 0.25) is 0 Å². The summed E-state index contributed by atoms with van der Waals surface area (Å²) < 4.78 is 0. The molecule has 0 radical (unpaired) electrons. The highest BCUT2D eigenvalue weighted by Gasteiger charge is 2.22. The van der Waals surface area contributed by atoms with Gasteiger partial charge in [0.05, 0.1) is 0 Å². The van der Waals surface area contributed by atoms with Gasteiger partial charge in [0.2, 0.25) is 0 Å². The summed E-state index contributed by atoms with van der Waals surface area (Å²) in [5.74, 6) is 1.49. The van der Waals surface area contributed by atoms with Crippen molar-refractivity contribution in [2.24, 2.45) is 17.6 Å². The molecular formula is C10H22N2. The van der Waals surface area contributed by atoms with Crippen LogP contribution in [0.5, 0.6) is 0 Å². The molecule has 2 nitrogen and oxygen atoms in total. The summed E-state index contributed by atoms with van der Waals surface area (Å²) in [7, 11) is 2.20. The maximum absolute atomic E-state index is 6.02. The van der Waals surface area contributed by atoms with Gasteiger partial charge in [-0.2, -0.15) is 0 Å². The molecule has 1 heterocycles. The predicted molar refractivity (Wildman–Crippen MR) is 53.0 cm³/mol. The molecular weight excluding hydrogens is 148 g/mol. The average Bonchev–Trinajstić information content (AvgIpc) is 2.35. The summed E-state index contributed by atoms with van der Waals surface area (Å²) in [5, 5.41) is 0. The van der Waals surface area contributed by atoms with Crippen LogP contribution in [0, 0.1) is 11.8 Å². The normalized spacial score (nSPS) is 28.2. The Morgan fingerprint density at radius 3 is 2.58 bits per heavy atom. The molecule has 2 unspecified atom stereocenters. The molecule has 12 heavy (non-hydrogen) atoms. The SMILES string of the molecule is CC(C)C(N)CC1CCN(C)C1. The molecule has 1 saturated heterocycles. The van der Waals surface area contributed by atoms with E-state index in [1.165, 1.54) is 25.9 Å². The Morgan fingerprint density at radius 1 is 1.50 bits per heavy atom. The van der Waals surface area contributed by atoms with Gasteiger partial charge in [0.15, 0.2) is 0 Å². The molecule has 0 aliphatic carbocycles. The lowest BCUT2D eigenvalue weighted by molar-refractivity contribution is 0.350. The largest absolute Gasteiger partial charge is 0.327 e. The first-order chi connectivity index (χ1) is 5.59. The van der Waals surface area contributed by atoms with E-state index in [9.17, 15) is 0 Å². The summed E-state index contributed by atoms with van der Waals surface area (Å²) >= 11 is 0. The molecule has 0 saturated carbocycles. The molecule has 1 rings (SSSR count). The summed E-state index contributed by atoms with van der Waals surface area (Å²) in [5.41, 5.74) is 6.02. The van der Waals surface area contributed by atoms with E-state index in [0.29, 0.717) is 12.0 Å². The van der Waals surface area contributed by atoms with E-state index in [2.05, 4.69) is 25.8 Å². The number of hydrogen-bond acceptors (Lipinski definition) is 2. The fourth-order valence-corrected chi connectivity index (χ4v) is 1.88. The molecule has 2 N–H and O–H groups in total. The van der Waals surface area contributed by atoms with Gasteiger partial charge in [-0.25, -0.2) is 0 Å². The van der Waals surface area contributed by atoms with E-state index >= 15 is 0 Å². The van der Waals surface area contributed by atoms with Crippen molar-refractivity contribution >= 4 is 0 Å². The Hall–Kier alpha value is -0.0800. The Bertz CT molecular complexity index is 134. The lowest BCUT2D eigenvalue weighted by atomic mass is 9.93. The summed E-state index contributed by atoms with van der Waals surface area (Å²) in [4.78, 5) is 2.40. The van der Waals surface area contributed by atoms with Gasteiger partial charge in [-0.15, -0.1) is 0 Å². The zero-order chi connectivity index (χ0) is 9.14. The third-order valence-corrected chi connectivity index (χ3v) is 2.95. The van der Waals surface area contributed by atoms with Crippen LogP contribution in [0.15, 0.2) is 0 Å². The molecule has 0 spiro atoms. The second-order valence-corrected chi connectivity index (χ2v) is 4.56. The standard InChI is InChI=1S/C10H22N2/c1-8(2)10(11)6-9-4-5-12(3)7-9/h8-10H,4-7,11H2,1-3H3. The fourth-order valence-electron chi connectivity index (χ4n) is 1.88. The first-order valence-electron chi connectivity index (χ1n) is 5.03. The summed E-state index contributed by atoms with van der Waals surface area (Å²) in [6.45, 7) is 6.93. The van der Waals surface area contributed by atoms with Gasteiger partial charge in [0.1, 0.15) is 0 Å². The molecule has 0 bridgehead atoms. The van der Waals surface area contributed by atoms with Crippen LogP contribution in [0.4, 0.5) is 0 Å². The third kappa shape index (κ3) is 2.76. The molecule has 1 aliphatic rings. The number of nitrogens with zero attached hydrogens (tertiary/aromatic N) is 1. The Balaban J connectivity index is 2.23. The van der Waals surface area contributed by atoms with Gasteiger partial charge < -0.3 is 10.6 Å². The van der Waals surface area contributed by atoms with Gasteiger partial charge >= 0.3 is 0 Å². The lowest BCUT2D eigenvalue weighted by Crippen LogP contribution is -2.29. The van der Waals surface area contributed by atoms with Crippen LogP contribution in [-0.2, 0) is 0 Å². The van der Waals surface area contributed by atoms with Crippen molar-refractivity contribution in [2.45, 2.75) is 32.7 Å². The van der Waals surface area contributed by atoms with Gasteiger partial charge in [0, 0.05) is 12.6 Å². The highest BCUT2D eigenvalue weighted by molar-refractivity contribution is 4.78. The quantitative estimate of drug-likeness (QED) is 0.692. The molecule has 1 aliphatic heterocycles. The molecule has 0 aromatic carbocycles. The minimum absolute atomic E-state index is 0.404. The van der Waals surface area contributed by atoms with E-state index in [-0.39, 0.29) is 0 Å². The number of nitrogens with two attached hydrogens (primary N) is 1. The Labute approximate surface area is 76.1 Å². The van der Waals surface area contributed by atoms with Crippen molar-refractivity contribution in [1.82, 2.24) is 4.90 Å². The number of rotatable bonds is 3. The molecule has 2 heteroatoms. The van der Waals surface area contributed by atoms with Crippen LogP contribution in [-0.4, -0.2) is 31.1 Å². The average molecular weight is 170 g/mol. The van der Waals surface area contributed by atoms with Crippen molar-refractivity contribution in [3.05, 3.63) is 0 Å². The van der Waals surface area contributed by atoms with Crippen LogP contribution < -0.4 is 5.73 Å². The summed E-state index contributed by atoms with van der Waals surface area (Å²) in [6.07, 6.45) is 2.55. The number of likely N-dealkylation sites (tertiary alicyclic amines) is 1. The van der Waals surface area contributed by atoms with E-state index in [0.717, 1.165) is 5.92 Å². The minimum Gasteiger partial charge on any atom is -0.327 e. The monoisotopic (exact) mass is 170 g/mol. The number of hydrogen-bond donors (Lipinski definition) is 1. The molecule has 1 fully saturated rings. The van der Waals surface area contributed by atoms with Gasteiger partial charge in [-0.3, -0.25) is 0 Å². The summed E-state index contributed by atoms with van der Waals surface area (Å²) in [6, 6.07) is 0.404. The van der Waals surface area contributed by atoms with Gasteiger partial charge in [-0.1, -0.05) is 13.8 Å². The van der Waals surface area contributed by atoms with Gasteiger partial charge in [0.25, 0.3) is 0 Å².